The number of likely N-dealkylation sites (tertiary alicyclic amines) is 1. The van der Waals surface area contributed by atoms with Gasteiger partial charge in [0.1, 0.15) is 0 Å². The van der Waals surface area contributed by atoms with Crippen molar-refractivity contribution in [2.45, 2.75) is 18.9 Å². The van der Waals surface area contributed by atoms with Gasteiger partial charge in [0.05, 0.1) is 13.7 Å². The Bertz CT molecular complexity index is 173. The van der Waals surface area contributed by atoms with Gasteiger partial charge in [0.25, 0.3) is 0 Å². The Labute approximate surface area is 79.2 Å². The topological polar surface area (TPSA) is 41.6 Å². The lowest BCUT2D eigenvalue weighted by Crippen LogP contribution is -2.45. The van der Waals surface area contributed by atoms with Gasteiger partial charge in [-0.1, -0.05) is 0 Å². The molecule has 1 heterocycles. The maximum Gasteiger partial charge on any atom is 0.319 e. The van der Waals surface area contributed by atoms with Crippen LogP contribution in [0.15, 0.2) is 0 Å². The summed E-state index contributed by atoms with van der Waals surface area (Å²) in [5.74, 6) is -0.187. The van der Waals surface area contributed by atoms with E-state index in [0.29, 0.717) is 12.6 Å². The van der Waals surface area contributed by atoms with Crippen LogP contribution >= 0.6 is 0 Å². The second-order valence-electron chi connectivity index (χ2n) is 3.56. The Morgan fingerprint density at radius 2 is 2.46 bits per heavy atom. The normalized spacial score (nSPS) is 24.3. The Balaban J connectivity index is 2.17. The van der Waals surface area contributed by atoms with Crippen molar-refractivity contribution < 1.29 is 9.53 Å². The van der Waals surface area contributed by atoms with Crippen molar-refractivity contribution in [1.82, 2.24) is 10.2 Å². The van der Waals surface area contributed by atoms with Crippen LogP contribution in [0.5, 0.6) is 0 Å². The Morgan fingerprint density at radius 1 is 1.69 bits per heavy atom. The van der Waals surface area contributed by atoms with E-state index in [2.05, 4.69) is 22.0 Å². The van der Waals surface area contributed by atoms with Gasteiger partial charge in [-0.25, -0.2) is 0 Å². The highest BCUT2D eigenvalue weighted by atomic mass is 16.5. The molecule has 0 aromatic carbocycles. The molecule has 1 saturated heterocycles. The van der Waals surface area contributed by atoms with Crippen LogP contribution in [-0.4, -0.2) is 50.7 Å². The predicted molar refractivity (Wildman–Crippen MR) is 50.5 cm³/mol. The SMILES string of the molecule is COC(=O)CNC1CCCN(C)C1. The number of esters is 1. The molecular weight excluding hydrogens is 168 g/mol. The summed E-state index contributed by atoms with van der Waals surface area (Å²) in [4.78, 5) is 13.1. The fraction of sp³-hybridized carbons (Fsp3) is 0.889. The van der Waals surface area contributed by atoms with Crippen molar-refractivity contribution in [1.29, 1.82) is 0 Å². The van der Waals surface area contributed by atoms with E-state index < -0.39 is 0 Å². The van der Waals surface area contributed by atoms with Crippen LogP contribution in [0.2, 0.25) is 0 Å². The molecule has 4 heteroatoms. The molecule has 1 unspecified atom stereocenters. The number of carbonyl (C=O) groups excluding carboxylic acids is 1. The van der Waals surface area contributed by atoms with Crippen LogP contribution < -0.4 is 5.32 Å². The van der Waals surface area contributed by atoms with Crippen molar-refractivity contribution in [3.8, 4) is 0 Å². The summed E-state index contributed by atoms with van der Waals surface area (Å²) in [7, 11) is 3.52. The van der Waals surface area contributed by atoms with Crippen LogP contribution in [0.3, 0.4) is 0 Å². The number of piperidine rings is 1. The van der Waals surface area contributed by atoms with Crippen LogP contribution in [0.1, 0.15) is 12.8 Å². The largest absolute Gasteiger partial charge is 0.468 e. The summed E-state index contributed by atoms with van der Waals surface area (Å²) in [6.07, 6.45) is 2.36. The first-order chi connectivity index (χ1) is 6.22. The van der Waals surface area contributed by atoms with Crippen molar-refractivity contribution >= 4 is 5.97 Å². The molecule has 1 aliphatic heterocycles. The van der Waals surface area contributed by atoms with E-state index in [-0.39, 0.29) is 5.97 Å². The highest BCUT2D eigenvalue weighted by Gasteiger charge is 2.17. The van der Waals surface area contributed by atoms with Gasteiger partial charge in [0.2, 0.25) is 0 Å². The molecule has 0 spiro atoms. The van der Waals surface area contributed by atoms with Crippen molar-refractivity contribution in [2.75, 3.05) is 33.8 Å². The monoisotopic (exact) mass is 186 g/mol. The summed E-state index contributed by atoms with van der Waals surface area (Å²) in [5, 5.41) is 3.19. The first kappa shape index (κ1) is 10.5. The summed E-state index contributed by atoms with van der Waals surface area (Å²) < 4.78 is 4.55. The number of ether oxygens (including phenoxy) is 1. The number of methoxy groups -OCH3 is 1. The first-order valence-corrected chi connectivity index (χ1v) is 4.71. The van der Waals surface area contributed by atoms with Gasteiger partial charge in [0, 0.05) is 12.6 Å². The third-order valence-corrected chi connectivity index (χ3v) is 2.39. The standard InChI is InChI=1S/C9H18N2O2/c1-11-5-3-4-8(7-11)10-6-9(12)13-2/h8,10H,3-7H2,1-2H3. The molecule has 0 bridgehead atoms. The number of nitrogens with zero attached hydrogens (tertiary/aromatic N) is 1. The molecule has 0 aromatic heterocycles. The molecule has 1 N–H and O–H groups in total. The van der Waals surface area contributed by atoms with Gasteiger partial charge in [-0.15, -0.1) is 0 Å². The van der Waals surface area contributed by atoms with Gasteiger partial charge in [-0.2, -0.15) is 0 Å². The lowest BCUT2D eigenvalue weighted by molar-refractivity contribution is -0.139. The third kappa shape index (κ3) is 3.74. The fourth-order valence-electron chi connectivity index (χ4n) is 1.63. The second kappa shape index (κ2) is 5.19. The van der Waals surface area contributed by atoms with E-state index in [1.165, 1.54) is 13.5 Å². The van der Waals surface area contributed by atoms with Gasteiger partial charge in [0.15, 0.2) is 0 Å². The summed E-state index contributed by atoms with van der Waals surface area (Å²) >= 11 is 0. The summed E-state index contributed by atoms with van der Waals surface area (Å²) in [6.45, 7) is 2.52. The van der Waals surface area contributed by atoms with E-state index in [9.17, 15) is 4.79 Å². The van der Waals surface area contributed by atoms with Crippen molar-refractivity contribution in [2.24, 2.45) is 0 Å². The highest BCUT2D eigenvalue weighted by Crippen LogP contribution is 2.07. The minimum absolute atomic E-state index is 0.187. The Kier molecular flexibility index (Phi) is 4.18. The molecule has 4 nitrogen and oxygen atoms in total. The molecular formula is C9H18N2O2. The van der Waals surface area contributed by atoms with E-state index in [1.54, 1.807) is 0 Å². The summed E-state index contributed by atoms with van der Waals surface area (Å²) in [6, 6.07) is 0.442. The molecule has 0 aromatic rings. The van der Waals surface area contributed by atoms with Crippen molar-refractivity contribution in [3.63, 3.8) is 0 Å². The fourth-order valence-corrected chi connectivity index (χ4v) is 1.63. The van der Waals surface area contributed by atoms with Crippen LogP contribution in [-0.2, 0) is 9.53 Å². The van der Waals surface area contributed by atoms with Crippen molar-refractivity contribution in [3.05, 3.63) is 0 Å². The van der Waals surface area contributed by atoms with Gasteiger partial charge < -0.3 is 15.0 Å². The number of hydrogen-bond acceptors (Lipinski definition) is 4. The van der Waals surface area contributed by atoms with Gasteiger partial charge in [-0.3, -0.25) is 4.79 Å². The number of likely N-dealkylation sites (N-methyl/N-ethyl adjacent to an activating group) is 1. The molecule has 0 aliphatic carbocycles. The minimum Gasteiger partial charge on any atom is -0.468 e. The molecule has 1 rings (SSSR count). The number of nitrogens with one attached hydrogen (secondary N) is 1. The number of hydrogen-bond donors (Lipinski definition) is 1. The van der Waals surface area contributed by atoms with E-state index in [4.69, 9.17) is 0 Å². The molecule has 76 valence electrons. The van der Waals surface area contributed by atoms with Gasteiger partial charge in [-0.05, 0) is 26.4 Å². The summed E-state index contributed by atoms with van der Waals surface area (Å²) in [5.41, 5.74) is 0. The quantitative estimate of drug-likeness (QED) is 0.622. The van der Waals surface area contributed by atoms with E-state index in [0.717, 1.165) is 19.5 Å². The number of rotatable bonds is 3. The zero-order chi connectivity index (χ0) is 9.68. The first-order valence-electron chi connectivity index (χ1n) is 4.71. The lowest BCUT2D eigenvalue weighted by atomic mass is 10.1. The van der Waals surface area contributed by atoms with Crippen LogP contribution in [0, 0.1) is 0 Å². The second-order valence-corrected chi connectivity index (χ2v) is 3.56. The van der Waals surface area contributed by atoms with Gasteiger partial charge >= 0.3 is 5.97 Å². The average molecular weight is 186 g/mol. The highest BCUT2D eigenvalue weighted by molar-refractivity contribution is 5.71. The maximum atomic E-state index is 10.8. The molecule has 0 amide bonds. The zero-order valence-electron chi connectivity index (χ0n) is 8.38. The third-order valence-electron chi connectivity index (χ3n) is 2.39. The average Bonchev–Trinajstić information content (AvgIpc) is 2.14. The molecule has 13 heavy (non-hydrogen) atoms. The zero-order valence-corrected chi connectivity index (χ0v) is 8.38. The smallest absolute Gasteiger partial charge is 0.319 e. The predicted octanol–water partition coefficient (Wildman–Crippen LogP) is -0.157. The van der Waals surface area contributed by atoms with Crippen LogP contribution in [0.4, 0.5) is 0 Å². The number of carbonyl (C=O) groups is 1. The Hall–Kier alpha value is -0.610. The Morgan fingerprint density at radius 3 is 3.08 bits per heavy atom. The molecule has 1 aliphatic rings. The molecule has 1 atom stereocenters. The van der Waals surface area contributed by atoms with Crippen LogP contribution in [0.25, 0.3) is 0 Å². The molecule has 1 fully saturated rings. The van der Waals surface area contributed by atoms with E-state index >= 15 is 0 Å². The van der Waals surface area contributed by atoms with E-state index in [1.807, 2.05) is 0 Å². The minimum atomic E-state index is -0.187. The molecule has 0 radical (unpaired) electrons. The molecule has 0 saturated carbocycles. The maximum absolute atomic E-state index is 10.8. The lowest BCUT2D eigenvalue weighted by Gasteiger charge is -2.29.